The van der Waals surface area contributed by atoms with Crippen LogP contribution in [0.1, 0.15) is 23.8 Å². The average Bonchev–Trinajstić information content (AvgIpc) is 3.88. The molecule has 0 spiro atoms. The fourth-order valence-electron chi connectivity index (χ4n) is 8.21. The van der Waals surface area contributed by atoms with E-state index in [1.54, 1.807) is 0 Å². The average molecular weight is 803 g/mol. The Kier molecular flexibility index (Phi) is 12.9. The maximum atomic E-state index is 7.08. The molecule has 257 valence electrons. The second-order valence-electron chi connectivity index (χ2n) is 15.9. The summed E-state index contributed by atoms with van der Waals surface area (Å²) >= 11 is 0. The molecule has 8 rings (SSSR count). The van der Waals surface area contributed by atoms with Crippen LogP contribution in [0.4, 0.5) is 0 Å². The number of rotatable bonds is 6. The quantitative estimate of drug-likeness (QED) is 0.157. The SMILES string of the molecule is [B]/C(C)=C(\[B])c1oc2c([B])c([B])c([B])c(-c3nc(-c4c([B])c([B])c([B])c([B])c4[B])nc(-n4c5c([B])c([B])c([B])c([B])c5c5c([B])c([B])c([B])c([B])c54)n3)c2c1C(=[B])c1c([B])c([B])c([B])c([B])c1[B]. The van der Waals surface area contributed by atoms with Gasteiger partial charge in [0.25, 0.3) is 0 Å². The van der Waals surface area contributed by atoms with Crippen LogP contribution in [-0.4, -0.2) is 213 Å². The number of nitrogens with zero attached hydrogens (tertiary/aromatic N) is 4. The van der Waals surface area contributed by atoms with E-state index < -0.39 is 0 Å². The molecule has 29 heteroatoms. The molecule has 0 amide bonds. The zero-order chi connectivity index (χ0) is 50.3. The molecule has 3 aromatic heterocycles. The third kappa shape index (κ3) is 7.02. The summed E-state index contributed by atoms with van der Waals surface area (Å²) < 4.78 is 7.74. The Hall–Kier alpha value is -4.38. The van der Waals surface area contributed by atoms with Crippen molar-refractivity contribution in [3.8, 4) is 28.7 Å². The Morgan fingerprint density at radius 1 is 0.382 bits per heavy atom. The molecule has 0 bridgehead atoms. The zero-order valence-electron chi connectivity index (χ0n) is 36.1. The van der Waals surface area contributed by atoms with Gasteiger partial charge >= 0.3 is 413 Å². The van der Waals surface area contributed by atoms with Crippen LogP contribution < -0.4 is 115 Å². The molecule has 0 unspecified atom stereocenters. The van der Waals surface area contributed by atoms with Crippen LogP contribution >= 0.6 is 0 Å². The van der Waals surface area contributed by atoms with Gasteiger partial charge in [-0.2, -0.15) is 0 Å². The number of fused-ring (bicyclic) bond motifs is 4. The summed E-state index contributed by atoms with van der Waals surface area (Å²) in [5.41, 5.74) is -4.13. The van der Waals surface area contributed by atoms with Gasteiger partial charge in [0.15, 0.2) is 0 Å². The Bertz CT molecular complexity index is 3570. The summed E-state index contributed by atoms with van der Waals surface area (Å²) in [4.78, 5) is 14.6. The van der Waals surface area contributed by atoms with Crippen LogP contribution in [0.2, 0.25) is 0 Å². The first-order valence-electron chi connectivity index (χ1n) is 19.6. The molecule has 47 radical (unpaired) electrons. The molecule has 68 heavy (non-hydrogen) atoms. The molecule has 0 atom stereocenters. The van der Waals surface area contributed by atoms with Crippen molar-refractivity contribution in [2.45, 2.75) is 6.92 Å². The summed E-state index contributed by atoms with van der Waals surface area (Å²) in [5, 5.41) is 0.203. The molecule has 8 aromatic rings. The van der Waals surface area contributed by atoms with Crippen LogP contribution in [0.25, 0.3) is 67.0 Å². The molecular formula is C39H3B24N4O. The molecule has 0 aliphatic rings. The van der Waals surface area contributed by atoms with Crippen molar-refractivity contribution in [3.63, 3.8) is 0 Å². The molecule has 0 fully saturated rings. The van der Waals surface area contributed by atoms with Crippen molar-refractivity contribution in [1.29, 1.82) is 0 Å². The van der Waals surface area contributed by atoms with Crippen molar-refractivity contribution in [1.82, 2.24) is 19.5 Å². The predicted molar refractivity (Wildman–Crippen MR) is 307 cm³/mol. The second-order valence-corrected chi connectivity index (χ2v) is 15.9. The summed E-state index contributed by atoms with van der Waals surface area (Å²) in [6.45, 7) is 1.49. The van der Waals surface area contributed by atoms with Gasteiger partial charge < -0.3 is 0 Å². The monoisotopic (exact) mass is 807 g/mol. The van der Waals surface area contributed by atoms with E-state index in [0.717, 1.165) is 0 Å². The van der Waals surface area contributed by atoms with E-state index in [1.165, 1.54) is 11.5 Å². The first-order chi connectivity index (χ1) is 31.7. The molecule has 0 saturated heterocycles. The standard InChI is InChI=1S/C39H3B24N4O/c1-2(40)10(41)36-6(11(42)8-15(46)21(52)26(57)22(53)16(8)47)3-7(14(45)25(56)32(63)35(3)68-36)37-64-38(9-17(48)23(54)27(58)24(55)18(9)49)66-39(65-37)67-33-4(12(43)19(50)28(59)30(33)61)5-13(44)20(51)29(60)31(62)34(5)67/h1H3/b10-2-. The molecule has 0 N–H and O–H groups in total. The van der Waals surface area contributed by atoms with Crippen LogP contribution in [-0.2, 0) is 0 Å². The topological polar surface area (TPSA) is 56.7 Å². The molecule has 3 heterocycles. The molecule has 0 aliphatic carbocycles. The number of allylic oxidation sites excluding steroid dienone is 1. The first kappa shape index (κ1) is 50.0. The summed E-state index contributed by atoms with van der Waals surface area (Å²) in [6.07, 6.45) is 0. The van der Waals surface area contributed by atoms with Gasteiger partial charge in [-0.25, -0.2) is 0 Å². The van der Waals surface area contributed by atoms with E-state index in [0.29, 0.717) is 0 Å². The Morgan fingerprint density at radius 3 is 1.18 bits per heavy atom. The predicted octanol–water partition coefficient (Wildman–Crippen LogP) is -17.5. The fourth-order valence-corrected chi connectivity index (χ4v) is 8.21. The van der Waals surface area contributed by atoms with Crippen LogP contribution in [0.5, 0.6) is 0 Å². The van der Waals surface area contributed by atoms with Gasteiger partial charge in [-0.15, -0.1) is 0 Å². The molecule has 5 nitrogen and oxygen atoms in total. The summed E-state index contributed by atoms with van der Waals surface area (Å²) in [7, 11) is 157. The van der Waals surface area contributed by atoms with E-state index in [4.69, 9.17) is 207 Å². The number of aromatic nitrogens is 4. The van der Waals surface area contributed by atoms with Gasteiger partial charge in [0.2, 0.25) is 0 Å². The van der Waals surface area contributed by atoms with Crippen LogP contribution in [0, 0.1) is 0 Å². The van der Waals surface area contributed by atoms with Gasteiger partial charge in [0.1, 0.15) is 15.7 Å². The maximum absolute atomic E-state index is 7.08. The number of hydrogen-bond acceptors (Lipinski definition) is 4. The number of furan rings is 1. The summed E-state index contributed by atoms with van der Waals surface area (Å²) in [5.74, 6) is -1.20. The third-order valence-electron chi connectivity index (χ3n) is 12.1. The van der Waals surface area contributed by atoms with Crippen molar-refractivity contribution in [3.05, 3.63) is 22.4 Å². The summed E-state index contributed by atoms with van der Waals surface area (Å²) in [6, 6.07) is 0. The van der Waals surface area contributed by atoms with E-state index in [-0.39, 0.29) is 210 Å². The van der Waals surface area contributed by atoms with Gasteiger partial charge in [0.05, 0.1) is 0 Å². The molecular weight excluding hydrogens is 800 g/mol. The minimum absolute atomic E-state index is 0.0209. The van der Waals surface area contributed by atoms with Crippen LogP contribution in [0.3, 0.4) is 0 Å². The number of benzene rings is 5. The van der Waals surface area contributed by atoms with E-state index in [9.17, 15) is 0 Å². The van der Waals surface area contributed by atoms with Crippen molar-refractivity contribution in [2.24, 2.45) is 0 Å². The van der Waals surface area contributed by atoms with Crippen molar-refractivity contribution >= 4 is 346 Å². The molecule has 5 aromatic carbocycles. The zero-order valence-corrected chi connectivity index (χ0v) is 36.1. The van der Waals surface area contributed by atoms with E-state index in [1.807, 2.05) is 0 Å². The molecule has 0 saturated carbocycles. The van der Waals surface area contributed by atoms with E-state index >= 15 is 0 Å². The third-order valence-corrected chi connectivity index (χ3v) is 12.1. The van der Waals surface area contributed by atoms with Crippen molar-refractivity contribution in [2.75, 3.05) is 0 Å². The van der Waals surface area contributed by atoms with Gasteiger partial charge in [-0.1, -0.05) is 0 Å². The van der Waals surface area contributed by atoms with Gasteiger partial charge in [-0.3, -0.25) is 0 Å². The normalized spacial score (nSPS) is 12.1. The van der Waals surface area contributed by atoms with E-state index in [2.05, 4.69) is 0 Å². The Morgan fingerprint density at radius 2 is 0.735 bits per heavy atom. The second kappa shape index (κ2) is 17.5. The number of hydrogen-bond donors (Lipinski definition) is 0. The van der Waals surface area contributed by atoms with Crippen LogP contribution in [0.15, 0.2) is 9.89 Å². The van der Waals surface area contributed by atoms with Crippen molar-refractivity contribution < 1.29 is 4.42 Å². The first-order valence-corrected chi connectivity index (χ1v) is 19.6. The minimum atomic E-state index is -0.349. The fraction of sp³-hybridized carbons (Fsp3) is 0.0256. The molecule has 0 aliphatic heterocycles. The Labute approximate surface area is 425 Å². The van der Waals surface area contributed by atoms with Gasteiger partial charge in [0, 0.05) is 0 Å². The Balaban J connectivity index is 1.67. The van der Waals surface area contributed by atoms with Gasteiger partial charge in [-0.05, 0) is 0 Å².